The van der Waals surface area contributed by atoms with Gasteiger partial charge in [-0.2, -0.15) is 0 Å². The number of aliphatic carboxylic acids is 1. The molecule has 5 heteroatoms. The van der Waals surface area contributed by atoms with Crippen LogP contribution in [0.4, 0.5) is 0 Å². The Labute approximate surface area is 181 Å². The number of nitrogens with zero attached hydrogens (tertiary/aromatic N) is 2. The Morgan fingerprint density at radius 2 is 1.84 bits per heavy atom. The quantitative estimate of drug-likeness (QED) is 0.431. The monoisotopic (exact) mass is 414 g/mol. The van der Waals surface area contributed by atoms with Crippen molar-refractivity contribution in [3.05, 3.63) is 95.4 Å². The number of fused-ring (bicyclic) bond motifs is 1. The predicted octanol–water partition coefficient (Wildman–Crippen LogP) is 4.88. The number of carbonyl (C=O) groups is 1. The van der Waals surface area contributed by atoms with Crippen molar-refractivity contribution < 1.29 is 15.0 Å². The van der Waals surface area contributed by atoms with Gasteiger partial charge >= 0.3 is 5.97 Å². The maximum absolute atomic E-state index is 11.0. The van der Waals surface area contributed by atoms with E-state index in [0.29, 0.717) is 6.42 Å². The molecule has 4 rings (SSSR count). The molecular formula is C26H26N2O3. The van der Waals surface area contributed by atoms with Crippen molar-refractivity contribution in [2.75, 3.05) is 0 Å². The summed E-state index contributed by atoms with van der Waals surface area (Å²) in [6, 6.07) is 20.1. The lowest BCUT2D eigenvalue weighted by Crippen LogP contribution is -1.98. The molecule has 0 saturated carbocycles. The maximum atomic E-state index is 11.0. The molecule has 31 heavy (non-hydrogen) atoms. The van der Waals surface area contributed by atoms with E-state index in [-0.39, 0.29) is 6.42 Å². The fourth-order valence-electron chi connectivity index (χ4n) is 3.89. The Hall–Kier alpha value is -3.44. The molecule has 2 aromatic carbocycles. The lowest BCUT2D eigenvalue weighted by molar-refractivity contribution is -0.136. The summed E-state index contributed by atoms with van der Waals surface area (Å²) in [5, 5.41) is 20.0. The van der Waals surface area contributed by atoms with E-state index < -0.39 is 12.1 Å². The largest absolute Gasteiger partial charge is 0.481 e. The highest BCUT2D eigenvalue weighted by molar-refractivity contribution is 5.86. The van der Waals surface area contributed by atoms with Crippen LogP contribution in [-0.2, 0) is 24.1 Å². The standard InChI is InChI=1S/C26H26N2O3/c1-18(29)20-8-11-23(12-9-20)28-17-21(7-10-22-4-2-3-15-27-22)24-16-19(5-13-25(24)28)6-14-26(30)31/h2-5,8-9,11-13,15-18,29H,6-7,10,14H2,1H3,(H,30,31). The van der Waals surface area contributed by atoms with Crippen LogP contribution < -0.4 is 0 Å². The van der Waals surface area contributed by atoms with Gasteiger partial charge in [0.25, 0.3) is 0 Å². The van der Waals surface area contributed by atoms with Crippen molar-refractivity contribution in [1.82, 2.24) is 9.55 Å². The van der Waals surface area contributed by atoms with Crippen LogP contribution in [0.5, 0.6) is 0 Å². The molecule has 1 unspecified atom stereocenters. The fourth-order valence-corrected chi connectivity index (χ4v) is 3.89. The first kappa shape index (κ1) is 20.8. The third-order valence-electron chi connectivity index (χ3n) is 5.61. The first-order valence-electron chi connectivity index (χ1n) is 10.5. The molecule has 5 nitrogen and oxygen atoms in total. The Kier molecular flexibility index (Phi) is 6.14. The molecule has 0 spiro atoms. The number of rotatable bonds is 8. The van der Waals surface area contributed by atoms with E-state index in [2.05, 4.69) is 27.9 Å². The second-order valence-corrected chi connectivity index (χ2v) is 7.86. The summed E-state index contributed by atoms with van der Waals surface area (Å²) in [7, 11) is 0. The highest BCUT2D eigenvalue weighted by Crippen LogP contribution is 2.28. The molecule has 2 N–H and O–H groups in total. The van der Waals surface area contributed by atoms with Crippen LogP contribution in [0.1, 0.15) is 41.8 Å². The van der Waals surface area contributed by atoms with E-state index in [0.717, 1.165) is 46.3 Å². The zero-order chi connectivity index (χ0) is 21.8. The third kappa shape index (κ3) is 4.84. The Morgan fingerprint density at radius 1 is 1.03 bits per heavy atom. The molecule has 0 saturated heterocycles. The van der Waals surface area contributed by atoms with E-state index in [4.69, 9.17) is 5.11 Å². The van der Waals surface area contributed by atoms with Gasteiger partial charge in [0.15, 0.2) is 0 Å². The van der Waals surface area contributed by atoms with Gasteiger partial charge in [0.05, 0.1) is 11.6 Å². The number of aliphatic hydroxyl groups excluding tert-OH is 1. The van der Waals surface area contributed by atoms with Crippen LogP contribution in [0.15, 0.2) is 73.1 Å². The highest BCUT2D eigenvalue weighted by atomic mass is 16.4. The maximum Gasteiger partial charge on any atom is 0.303 e. The van der Waals surface area contributed by atoms with Gasteiger partial charge in [-0.25, -0.2) is 0 Å². The minimum Gasteiger partial charge on any atom is -0.481 e. The lowest BCUT2D eigenvalue weighted by Gasteiger charge is -2.09. The van der Waals surface area contributed by atoms with Crippen LogP contribution in [0.25, 0.3) is 16.6 Å². The van der Waals surface area contributed by atoms with E-state index >= 15 is 0 Å². The normalized spacial score (nSPS) is 12.2. The van der Waals surface area contributed by atoms with Crippen molar-refractivity contribution in [3.63, 3.8) is 0 Å². The third-order valence-corrected chi connectivity index (χ3v) is 5.61. The molecule has 2 heterocycles. The predicted molar refractivity (Wildman–Crippen MR) is 122 cm³/mol. The summed E-state index contributed by atoms with van der Waals surface area (Å²) in [5.41, 5.74) is 6.27. The summed E-state index contributed by atoms with van der Waals surface area (Å²) in [6.45, 7) is 1.76. The second kappa shape index (κ2) is 9.14. The molecular weight excluding hydrogens is 388 g/mol. The van der Waals surface area contributed by atoms with Gasteiger partial charge in [0.1, 0.15) is 0 Å². The summed E-state index contributed by atoms with van der Waals surface area (Å²) < 4.78 is 2.16. The summed E-state index contributed by atoms with van der Waals surface area (Å²) in [5.74, 6) is -0.786. The fraction of sp³-hybridized carbons (Fsp3) is 0.231. The highest BCUT2D eigenvalue weighted by Gasteiger charge is 2.12. The van der Waals surface area contributed by atoms with Crippen molar-refractivity contribution in [1.29, 1.82) is 0 Å². The molecule has 0 bridgehead atoms. The number of benzene rings is 2. The van der Waals surface area contributed by atoms with Gasteiger partial charge in [-0.15, -0.1) is 0 Å². The first-order valence-corrected chi connectivity index (χ1v) is 10.5. The number of hydrogen-bond donors (Lipinski definition) is 2. The SMILES string of the molecule is CC(O)c1ccc(-n2cc(CCc3ccccn3)c3cc(CCC(=O)O)ccc32)cc1. The van der Waals surface area contributed by atoms with Gasteiger partial charge in [0.2, 0.25) is 0 Å². The number of hydrogen-bond acceptors (Lipinski definition) is 3. The molecule has 0 radical (unpaired) electrons. The topological polar surface area (TPSA) is 75.3 Å². The van der Waals surface area contributed by atoms with Crippen molar-refractivity contribution in [2.24, 2.45) is 0 Å². The average molecular weight is 415 g/mol. The number of aryl methyl sites for hydroxylation is 3. The zero-order valence-corrected chi connectivity index (χ0v) is 17.5. The van der Waals surface area contributed by atoms with E-state index in [1.54, 1.807) is 6.92 Å². The smallest absolute Gasteiger partial charge is 0.303 e. The van der Waals surface area contributed by atoms with Gasteiger partial charge in [0, 0.05) is 35.6 Å². The van der Waals surface area contributed by atoms with Gasteiger partial charge in [-0.1, -0.05) is 24.3 Å². The molecule has 1 atom stereocenters. The van der Waals surface area contributed by atoms with Crippen LogP contribution in [0.3, 0.4) is 0 Å². The van der Waals surface area contributed by atoms with Gasteiger partial charge < -0.3 is 14.8 Å². The molecule has 0 aliphatic rings. The van der Waals surface area contributed by atoms with Crippen LogP contribution in [-0.4, -0.2) is 25.7 Å². The molecule has 0 fully saturated rings. The molecule has 158 valence electrons. The summed E-state index contributed by atoms with van der Waals surface area (Å²) in [6.07, 6.45) is 5.78. The number of pyridine rings is 1. The Morgan fingerprint density at radius 3 is 2.52 bits per heavy atom. The summed E-state index contributed by atoms with van der Waals surface area (Å²) >= 11 is 0. The first-order chi connectivity index (χ1) is 15.0. The molecule has 0 aliphatic heterocycles. The van der Waals surface area contributed by atoms with Crippen LogP contribution in [0, 0.1) is 0 Å². The minimum absolute atomic E-state index is 0.121. The number of carboxylic acids is 1. The van der Waals surface area contributed by atoms with Crippen molar-refractivity contribution >= 4 is 16.9 Å². The number of aromatic nitrogens is 2. The Balaban J connectivity index is 1.72. The number of carboxylic acid groups (broad SMARTS) is 1. The Bertz CT molecular complexity index is 1180. The van der Waals surface area contributed by atoms with Crippen LogP contribution in [0.2, 0.25) is 0 Å². The number of aliphatic hydroxyl groups is 1. The second-order valence-electron chi connectivity index (χ2n) is 7.86. The average Bonchev–Trinajstić information content (AvgIpc) is 3.15. The molecule has 0 aliphatic carbocycles. The molecule has 0 amide bonds. The van der Waals surface area contributed by atoms with E-state index in [1.807, 2.05) is 54.7 Å². The zero-order valence-electron chi connectivity index (χ0n) is 17.5. The molecule has 4 aromatic rings. The minimum atomic E-state index is -0.786. The van der Waals surface area contributed by atoms with Crippen molar-refractivity contribution in [3.8, 4) is 5.69 Å². The molecule has 2 aromatic heterocycles. The van der Waals surface area contributed by atoms with Crippen LogP contribution >= 0.6 is 0 Å². The van der Waals surface area contributed by atoms with Crippen molar-refractivity contribution in [2.45, 2.75) is 38.7 Å². The lowest BCUT2D eigenvalue weighted by atomic mass is 10.0. The summed E-state index contributed by atoms with van der Waals surface area (Å²) in [4.78, 5) is 15.4. The van der Waals surface area contributed by atoms with Gasteiger partial charge in [-0.3, -0.25) is 9.78 Å². The van der Waals surface area contributed by atoms with E-state index in [9.17, 15) is 9.90 Å². The van der Waals surface area contributed by atoms with E-state index in [1.165, 1.54) is 5.56 Å². The van der Waals surface area contributed by atoms with Gasteiger partial charge in [-0.05, 0) is 79.3 Å².